The zero-order chi connectivity index (χ0) is 12.3. The van der Waals surface area contributed by atoms with Crippen LogP contribution in [0.15, 0.2) is 24.5 Å². The minimum absolute atomic E-state index is 0.0732. The average Bonchev–Trinajstić information content (AvgIpc) is 2.67. The molecule has 7 nitrogen and oxygen atoms in total. The Kier molecular flexibility index (Phi) is 3.20. The lowest BCUT2D eigenvalue weighted by Gasteiger charge is -2.11. The van der Waals surface area contributed by atoms with E-state index < -0.39 is 23.8 Å². The van der Waals surface area contributed by atoms with Crippen molar-refractivity contribution in [3.8, 4) is 5.75 Å². The van der Waals surface area contributed by atoms with Crippen LogP contribution in [0.5, 0.6) is 5.75 Å². The van der Waals surface area contributed by atoms with Gasteiger partial charge in [-0.15, -0.1) is 0 Å². The van der Waals surface area contributed by atoms with Crippen molar-refractivity contribution in [1.82, 2.24) is 15.8 Å². The summed E-state index contributed by atoms with van der Waals surface area (Å²) in [7, 11) is 0. The van der Waals surface area contributed by atoms with Crippen molar-refractivity contribution in [2.24, 2.45) is 5.92 Å². The second-order valence-corrected chi connectivity index (χ2v) is 3.55. The summed E-state index contributed by atoms with van der Waals surface area (Å²) in [6.45, 7) is 0.0732. The lowest BCUT2D eigenvalue weighted by molar-refractivity contribution is -0.140. The molecule has 0 aromatic carbocycles. The largest absolute Gasteiger partial charge is 0.390 e. The first-order valence-electron chi connectivity index (χ1n) is 5.01. The molecule has 17 heavy (non-hydrogen) atoms. The van der Waals surface area contributed by atoms with Crippen LogP contribution in [0.25, 0.3) is 0 Å². The van der Waals surface area contributed by atoms with E-state index in [0.29, 0.717) is 5.75 Å². The summed E-state index contributed by atoms with van der Waals surface area (Å²) in [5, 5.41) is 11.8. The lowest BCUT2D eigenvalue weighted by atomic mass is 10.1. The van der Waals surface area contributed by atoms with E-state index in [9.17, 15) is 14.7 Å². The van der Waals surface area contributed by atoms with E-state index in [2.05, 4.69) is 15.8 Å². The van der Waals surface area contributed by atoms with Crippen molar-refractivity contribution in [3.05, 3.63) is 24.5 Å². The van der Waals surface area contributed by atoms with E-state index in [-0.39, 0.29) is 6.54 Å². The summed E-state index contributed by atoms with van der Waals surface area (Å²) in [4.78, 5) is 31.5. The molecule has 2 amide bonds. The van der Waals surface area contributed by atoms with Crippen molar-refractivity contribution in [2.45, 2.75) is 6.10 Å². The molecule has 1 saturated heterocycles. The Hall–Kier alpha value is -2.15. The molecule has 2 unspecified atom stereocenters. The van der Waals surface area contributed by atoms with E-state index in [1.165, 1.54) is 6.20 Å². The van der Waals surface area contributed by atoms with E-state index in [1.54, 1.807) is 18.3 Å². The number of β-amino-alcohol motifs (C(OH)–C–C–N with tert-alkyl or cyclic N) is 1. The minimum Gasteiger partial charge on any atom is -0.390 e. The highest BCUT2D eigenvalue weighted by Gasteiger charge is 2.39. The number of carbonyl (C=O) groups is 2. The van der Waals surface area contributed by atoms with Crippen molar-refractivity contribution in [2.75, 3.05) is 6.54 Å². The third-order valence-electron chi connectivity index (χ3n) is 2.34. The quantitative estimate of drug-likeness (QED) is 0.443. The zero-order valence-electron chi connectivity index (χ0n) is 8.79. The summed E-state index contributed by atoms with van der Waals surface area (Å²) in [6.07, 6.45) is 1.94. The summed E-state index contributed by atoms with van der Waals surface area (Å²) >= 11 is 0. The van der Waals surface area contributed by atoms with E-state index in [4.69, 9.17) is 4.84 Å². The Labute approximate surface area is 96.8 Å². The van der Waals surface area contributed by atoms with E-state index in [1.807, 2.05) is 0 Å². The highest BCUT2D eigenvalue weighted by atomic mass is 16.7. The number of pyridine rings is 1. The Morgan fingerprint density at radius 1 is 1.65 bits per heavy atom. The molecule has 3 N–H and O–H groups in total. The molecular formula is C10H11N3O4. The van der Waals surface area contributed by atoms with Crippen molar-refractivity contribution < 1.29 is 19.5 Å². The van der Waals surface area contributed by atoms with Gasteiger partial charge >= 0.3 is 0 Å². The molecule has 1 aliphatic rings. The number of nitrogens with zero attached hydrogens (tertiary/aromatic N) is 1. The van der Waals surface area contributed by atoms with Crippen LogP contribution in [-0.4, -0.2) is 34.6 Å². The Balaban J connectivity index is 1.91. The first-order chi connectivity index (χ1) is 8.18. The first-order valence-corrected chi connectivity index (χ1v) is 5.01. The third-order valence-corrected chi connectivity index (χ3v) is 2.34. The maximum Gasteiger partial charge on any atom is 0.267 e. The normalized spacial score (nSPS) is 23.0. The molecule has 0 bridgehead atoms. The fourth-order valence-corrected chi connectivity index (χ4v) is 1.48. The van der Waals surface area contributed by atoms with Gasteiger partial charge in [0.15, 0.2) is 5.75 Å². The number of aliphatic hydroxyl groups excluding tert-OH is 1. The number of hydroxylamine groups is 1. The standard InChI is InChI=1S/C10H11N3O4/c14-7-5-12-9(15)8(7)10(16)13-17-6-2-1-3-11-4-6/h1-4,7-8,14H,5H2,(H,12,15)(H,13,16). The van der Waals surface area contributed by atoms with Crippen LogP contribution in [0.2, 0.25) is 0 Å². The van der Waals surface area contributed by atoms with Crippen molar-refractivity contribution in [1.29, 1.82) is 0 Å². The molecule has 1 aromatic heterocycles. The van der Waals surface area contributed by atoms with E-state index in [0.717, 1.165) is 0 Å². The summed E-state index contributed by atoms with van der Waals surface area (Å²) in [5.41, 5.74) is 2.10. The van der Waals surface area contributed by atoms with Crippen LogP contribution in [0.4, 0.5) is 0 Å². The molecule has 90 valence electrons. The van der Waals surface area contributed by atoms with Crippen LogP contribution in [0, 0.1) is 5.92 Å². The monoisotopic (exact) mass is 237 g/mol. The molecule has 1 aromatic rings. The van der Waals surface area contributed by atoms with Gasteiger partial charge in [-0.05, 0) is 12.1 Å². The smallest absolute Gasteiger partial charge is 0.267 e. The highest BCUT2D eigenvalue weighted by molar-refractivity contribution is 6.02. The minimum atomic E-state index is -1.13. The number of rotatable bonds is 3. The number of nitrogens with one attached hydrogen (secondary N) is 2. The molecule has 7 heteroatoms. The molecule has 0 saturated carbocycles. The van der Waals surface area contributed by atoms with Gasteiger partial charge in [0, 0.05) is 12.7 Å². The topological polar surface area (TPSA) is 101 Å². The van der Waals surface area contributed by atoms with Gasteiger partial charge < -0.3 is 15.3 Å². The van der Waals surface area contributed by atoms with Gasteiger partial charge in [0.05, 0.1) is 12.3 Å². The SMILES string of the molecule is O=C1NCC(O)C1C(=O)NOc1cccnc1. The summed E-state index contributed by atoms with van der Waals surface area (Å²) < 4.78 is 0. The molecular weight excluding hydrogens is 226 g/mol. The van der Waals surface area contributed by atoms with Gasteiger partial charge in [0.1, 0.15) is 5.92 Å². The van der Waals surface area contributed by atoms with Gasteiger partial charge in [0.25, 0.3) is 5.91 Å². The average molecular weight is 237 g/mol. The van der Waals surface area contributed by atoms with Gasteiger partial charge in [-0.1, -0.05) is 0 Å². The van der Waals surface area contributed by atoms with Gasteiger partial charge in [0.2, 0.25) is 5.91 Å². The van der Waals surface area contributed by atoms with Crippen molar-refractivity contribution >= 4 is 11.8 Å². The number of aromatic nitrogens is 1. The lowest BCUT2D eigenvalue weighted by Crippen LogP contribution is -2.40. The predicted octanol–water partition coefficient (Wildman–Crippen LogP) is -1.40. The molecule has 0 radical (unpaired) electrons. The molecule has 1 aliphatic heterocycles. The summed E-state index contributed by atoms with van der Waals surface area (Å²) in [6, 6.07) is 3.23. The van der Waals surface area contributed by atoms with Crippen molar-refractivity contribution in [3.63, 3.8) is 0 Å². The molecule has 2 rings (SSSR count). The fourth-order valence-electron chi connectivity index (χ4n) is 1.48. The molecule has 0 spiro atoms. The van der Waals surface area contributed by atoms with Crippen LogP contribution >= 0.6 is 0 Å². The number of hydrogen-bond donors (Lipinski definition) is 3. The van der Waals surface area contributed by atoms with Gasteiger partial charge in [-0.25, -0.2) is 0 Å². The van der Waals surface area contributed by atoms with Crippen LogP contribution in [0.3, 0.4) is 0 Å². The van der Waals surface area contributed by atoms with Gasteiger partial charge in [-0.2, -0.15) is 5.48 Å². The second kappa shape index (κ2) is 4.79. The van der Waals surface area contributed by atoms with Crippen LogP contribution < -0.4 is 15.6 Å². The highest BCUT2D eigenvalue weighted by Crippen LogP contribution is 2.11. The Bertz CT molecular complexity index is 423. The second-order valence-electron chi connectivity index (χ2n) is 3.55. The maximum absolute atomic E-state index is 11.6. The zero-order valence-corrected chi connectivity index (χ0v) is 8.79. The number of aliphatic hydroxyl groups is 1. The van der Waals surface area contributed by atoms with E-state index >= 15 is 0 Å². The molecule has 1 fully saturated rings. The fraction of sp³-hybridized carbons (Fsp3) is 0.300. The van der Waals surface area contributed by atoms with Gasteiger partial charge in [-0.3, -0.25) is 14.6 Å². The first kappa shape index (κ1) is 11.3. The molecule has 0 aliphatic carbocycles. The van der Waals surface area contributed by atoms with Crippen LogP contribution in [-0.2, 0) is 9.59 Å². The molecule has 2 heterocycles. The third kappa shape index (κ3) is 2.51. The summed E-state index contributed by atoms with van der Waals surface area (Å²) in [5.74, 6) is -1.98. The number of amides is 2. The Morgan fingerprint density at radius 2 is 2.47 bits per heavy atom. The Morgan fingerprint density at radius 3 is 3.06 bits per heavy atom. The van der Waals surface area contributed by atoms with Crippen LogP contribution in [0.1, 0.15) is 0 Å². The predicted molar refractivity (Wildman–Crippen MR) is 55.5 cm³/mol. The number of carbonyl (C=O) groups excluding carboxylic acids is 2. The number of hydrogen-bond acceptors (Lipinski definition) is 5. The molecule has 2 atom stereocenters. The maximum atomic E-state index is 11.6.